The normalized spacial score (nSPS) is 12.8. The lowest BCUT2D eigenvalue weighted by atomic mass is 9.85. The number of hydrogen-bond donors (Lipinski definition) is 2. The topological polar surface area (TPSA) is 139 Å². The lowest BCUT2D eigenvalue weighted by Gasteiger charge is -2.34. The van der Waals surface area contributed by atoms with Gasteiger partial charge in [-0.15, -0.1) is 0 Å². The Morgan fingerprint density at radius 1 is 0.500 bits per heavy atom. The third-order valence-electron chi connectivity index (χ3n) is 9.68. The Morgan fingerprint density at radius 2 is 0.800 bits per heavy atom. The Morgan fingerprint density at radius 3 is 1.10 bits per heavy atom. The van der Waals surface area contributed by atoms with Gasteiger partial charge < -0.3 is 20.9 Å². The number of Topliss-reactive ketones (excluding diaryl/α,β-unsaturated/α-hetero) is 2. The van der Waals surface area contributed by atoms with Crippen LogP contribution in [0.25, 0.3) is 0 Å². The van der Waals surface area contributed by atoms with Gasteiger partial charge in [-0.3, -0.25) is 19.2 Å². The maximum atomic E-state index is 14.0. The molecule has 10 heteroatoms. The highest BCUT2D eigenvalue weighted by Gasteiger charge is 2.53. The second-order valence-electron chi connectivity index (χ2n) is 14.1. The molecule has 0 spiro atoms. The predicted molar refractivity (Wildman–Crippen MR) is 213 cm³/mol. The number of rotatable bonds is 37. The van der Waals surface area contributed by atoms with Gasteiger partial charge in [0, 0.05) is 18.6 Å². The molecule has 0 aliphatic carbocycles. The standard InChI is InChI=1S/C40H76N2O6S2/c1-5-7-9-11-13-15-17-19-21-23-25-27-29-31-35(43)40(37(42)39(46)48-4,50-49-33-34(41)38(45)47-3)36(44)32-30-28-26-24-22-20-18-16-14-12-10-8-6-2/h34,37H,5-33,41-42H2,1-4H3/t34-,37+/m0/s1. The third kappa shape index (κ3) is 22.8. The molecule has 0 aliphatic heterocycles. The molecule has 4 N–H and O–H groups in total. The van der Waals surface area contributed by atoms with Crippen LogP contribution in [0, 0.1) is 0 Å². The first-order chi connectivity index (χ1) is 24.2. The minimum Gasteiger partial charge on any atom is -0.468 e. The summed E-state index contributed by atoms with van der Waals surface area (Å²) in [7, 11) is 4.55. The van der Waals surface area contributed by atoms with E-state index >= 15 is 0 Å². The lowest BCUT2D eigenvalue weighted by molar-refractivity contribution is -0.147. The van der Waals surface area contributed by atoms with Crippen molar-refractivity contribution in [1.29, 1.82) is 0 Å². The Labute approximate surface area is 314 Å². The summed E-state index contributed by atoms with van der Waals surface area (Å²) in [5.41, 5.74) is 12.4. The number of hydrogen-bond acceptors (Lipinski definition) is 10. The van der Waals surface area contributed by atoms with Crippen LogP contribution in [0.1, 0.15) is 194 Å². The molecule has 0 fully saturated rings. The molecular weight excluding hydrogens is 669 g/mol. The Balaban J connectivity index is 5.07. The van der Waals surface area contributed by atoms with E-state index in [1.807, 2.05) is 0 Å². The highest BCUT2D eigenvalue weighted by molar-refractivity contribution is 8.77. The number of carbonyl (C=O) groups is 4. The maximum Gasteiger partial charge on any atom is 0.325 e. The zero-order chi connectivity index (χ0) is 37.3. The van der Waals surface area contributed by atoms with E-state index in [1.54, 1.807) is 0 Å². The summed E-state index contributed by atoms with van der Waals surface area (Å²) in [5.74, 6) is -1.97. The molecular formula is C40H76N2O6S2. The molecule has 0 aliphatic rings. The molecule has 0 saturated carbocycles. The molecule has 0 rings (SSSR count). The van der Waals surface area contributed by atoms with E-state index in [-0.39, 0.29) is 30.2 Å². The molecule has 8 nitrogen and oxygen atoms in total. The first-order valence-corrected chi connectivity index (χ1v) is 22.6. The third-order valence-corrected chi connectivity index (χ3v) is 12.8. The van der Waals surface area contributed by atoms with Gasteiger partial charge in [0.05, 0.1) is 14.2 Å². The quantitative estimate of drug-likeness (QED) is 0.0273. The van der Waals surface area contributed by atoms with Crippen molar-refractivity contribution in [2.24, 2.45) is 11.5 Å². The van der Waals surface area contributed by atoms with Gasteiger partial charge >= 0.3 is 11.9 Å². The van der Waals surface area contributed by atoms with Crippen LogP contribution in [-0.2, 0) is 28.7 Å². The molecule has 294 valence electrons. The number of esters is 2. The minimum atomic E-state index is -1.80. The average molecular weight is 745 g/mol. The van der Waals surface area contributed by atoms with Crippen LogP contribution in [0.3, 0.4) is 0 Å². The maximum absolute atomic E-state index is 14.0. The van der Waals surface area contributed by atoms with Crippen LogP contribution >= 0.6 is 21.6 Å². The zero-order valence-electron chi connectivity index (χ0n) is 32.6. The Bertz CT molecular complexity index is 833. The molecule has 0 radical (unpaired) electrons. The molecule has 0 aromatic carbocycles. The monoisotopic (exact) mass is 745 g/mol. The lowest BCUT2D eigenvalue weighted by Crippen LogP contribution is -2.60. The summed E-state index contributed by atoms with van der Waals surface area (Å²) in [5, 5.41) is 0. The second kappa shape index (κ2) is 33.7. The van der Waals surface area contributed by atoms with Gasteiger partial charge in [0.15, 0.2) is 16.3 Å². The molecule has 2 atom stereocenters. The van der Waals surface area contributed by atoms with Crippen LogP contribution in [-0.4, -0.2) is 60.3 Å². The number of nitrogens with two attached hydrogens (primary N) is 2. The van der Waals surface area contributed by atoms with E-state index in [0.29, 0.717) is 12.8 Å². The van der Waals surface area contributed by atoms with Crippen molar-refractivity contribution in [2.75, 3.05) is 20.0 Å². The molecule has 0 unspecified atom stereocenters. The number of ether oxygens (including phenoxy) is 2. The largest absolute Gasteiger partial charge is 0.468 e. The summed E-state index contributed by atoms with van der Waals surface area (Å²) in [6, 6.07) is -2.39. The van der Waals surface area contributed by atoms with Crippen molar-refractivity contribution in [3.63, 3.8) is 0 Å². The van der Waals surface area contributed by atoms with Crippen molar-refractivity contribution in [2.45, 2.75) is 210 Å². The van der Waals surface area contributed by atoms with Gasteiger partial charge in [0.25, 0.3) is 0 Å². The van der Waals surface area contributed by atoms with Crippen molar-refractivity contribution >= 4 is 45.1 Å². The van der Waals surface area contributed by atoms with E-state index < -0.39 is 28.8 Å². The first kappa shape index (κ1) is 48.9. The van der Waals surface area contributed by atoms with Crippen LogP contribution in [0.2, 0.25) is 0 Å². The van der Waals surface area contributed by atoms with Gasteiger partial charge in [0.2, 0.25) is 0 Å². The van der Waals surface area contributed by atoms with Crippen LogP contribution in [0.4, 0.5) is 0 Å². The van der Waals surface area contributed by atoms with Crippen molar-refractivity contribution < 1.29 is 28.7 Å². The highest BCUT2D eigenvalue weighted by atomic mass is 33.1. The van der Waals surface area contributed by atoms with Gasteiger partial charge in [-0.25, -0.2) is 0 Å². The van der Waals surface area contributed by atoms with E-state index in [0.717, 1.165) is 60.1 Å². The number of methoxy groups -OCH3 is 2. The van der Waals surface area contributed by atoms with E-state index in [9.17, 15) is 19.2 Å². The SMILES string of the molecule is CCCCCCCCCCCCCCCC(=O)C(SSC[C@H](N)C(=O)OC)(C(=O)CCCCCCCCCCCCCCC)[C@H](N)C(=O)OC. The zero-order valence-corrected chi connectivity index (χ0v) is 34.2. The van der Waals surface area contributed by atoms with Crippen molar-refractivity contribution in [1.82, 2.24) is 0 Å². The molecule has 50 heavy (non-hydrogen) atoms. The second-order valence-corrected chi connectivity index (χ2v) is 16.7. The van der Waals surface area contributed by atoms with E-state index in [4.69, 9.17) is 20.9 Å². The summed E-state index contributed by atoms with van der Waals surface area (Å²) in [6.07, 6.45) is 31.1. The Kier molecular flexibility index (Phi) is 33.0. The smallest absolute Gasteiger partial charge is 0.325 e. The van der Waals surface area contributed by atoms with E-state index in [2.05, 4.69) is 13.8 Å². The molecule has 0 amide bonds. The Hall–Kier alpha value is -1.10. The fourth-order valence-corrected chi connectivity index (χ4v) is 9.53. The van der Waals surface area contributed by atoms with Crippen LogP contribution in [0.15, 0.2) is 0 Å². The molecule has 0 heterocycles. The van der Waals surface area contributed by atoms with Gasteiger partial charge in [-0.05, 0) is 12.8 Å². The van der Waals surface area contributed by atoms with Crippen molar-refractivity contribution in [3.8, 4) is 0 Å². The van der Waals surface area contributed by atoms with Crippen LogP contribution in [0.5, 0.6) is 0 Å². The molecule has 0 saturated heterocycles. The first-order valence-electron chi connectivity index (χ1n) is 20.3. The summed E-state index contributed by atoms with van der Waals surface area (Å²) < 4.78 is 7.89. The number of carbonyl (C=O) groups excluding carboxylic acids is 4. The average Bonchev–Trinajstić information content (AvgIpc) is 3.12. The summed E-state index contributed by atoms with van der Waals surface area (Å²) in [6.45, 7) is 4.49. The molecule has 0 bridgehead atoms. The fraction of sp³-hybridized carbons (Fsp3) is 0.900. The summed E-state index contributed by atoms with van der Waals surface area (Å²) in [4.78, 5) is 52.8. The fourth-order valence-electron chi connectivity index (χ4n) is 6.34. The summed E-state index contributed by atoms with van der Waals surface area (Å²) >= 11 is 0. The molecule has 0 aromatic heterocycles. The highest BCUT2D eigenvalue weighted by Crippen LogP contribution is 2.42. The molecule has 0 aromatic rings. The predicted octanol–water partition coefficient (Wildman–Crippen LogP) is 10.2. The minimum absolute atomic E-state index is 0.102. The van der Waals surface area contributed by atoms with Crippen molar-refractivity contribution in [3.05, 3.63) is 0 Å². The van der Waals surface area contributed by atoms with Gasteiger partial charge in [0.1, 0.15) is 12.1 Å². The number of ketones is 2. The van der Waals surface area contributed by atoms with Gasteiger partial charge in [-0.1, -0.05) is 190 Å². The van der Waals surface area contributed by atoms with E-state index in [1.165, 1.54) is 130 Å². The van der Waals surface area contributed by atoms with Crippen LogP contribution < -0.4 is 11.5 Å². The number of unbranched alkanes of at least 4 members (excludes halogenated alkanes) is 24. The van der Waals surface area contributed by atoms with Gasteiger partial charge in [-0.2, -0.15) is 0 Å².